The lowest BCUT2D eigenvalue weighted by molar-refractivity contribution is -0.124. The second-order valence-electron chi connectivity index (χ2n) is 6.76. The summed E-state index contributed by atoms with van der Waals surface area (Å²) in [5.74, 6) is -1.03. The molecule has 0 saturated carbocycles. The zero-order chi connectivity index (χ0) is 20.6. The number of carbonyl (C=O) groups excluding carboxylic acids is 4. The van der Waals surface area contributed by atoms with Crippen LogP contribution in [-0.4, -0.2) is 35.3 Å². The molecule has 2 atom stereocenters. The molecule has 1 aliphatic carbocycles. The van der Waals surface area contributed by atoms with E-state index in [1.54, 1.807) is 38.1 Å². The van der Waals surface area contributed by atoms with Gasteiger partial charge in [0.05, 0.1) is 5.56 Å². The fraction of sp³-hybridized carbons (Fsp3) is 0.273. The molecular formula is C22H20O6. The van der Waals surface area contributed by atoms with Gasteiger partial charge in [-0.1, -0.05) is 24.3 Å². The van der Waals surface area contributed by atoms with Crippen LogP contribution in [0, 0.1) is 0 Å². The standard InChI is InChI=1S/C22H20O6/c1-11(23)13(3)27-18-10-9-17-19(22(18)28-14(4)12(2)24)21(26)16-8-6-5-7-15(16)20(17)25/h5-10,13-14H,1-4H3. The summed E-state index contributed by atoms with van der Waals surface area (Å²) in [5.41, 5.74) is 0.802. The zero-order valence-electron chi connectivity index (χ0n) is 16.1. The van der Waals surface area contributed by atoms with Gasteiger partial charge in [-0.15, -0.1) is 0 Å². The van der Waals surface area contributed by atoms with Crippen molar-refractivity contribution in [3.05, 3.63) is 58.7 Å². The first-order valence-corrected chi connectivity index (χ1v) is 8.92. The summed E-state index contributed by atoms with van der Waals surface area (Å²) in [6.07, 6.45) is -1.64. The van der Waals surface area contributed by atoms with Crippen LogP contribution in [0.1, 0.15) is 59.5 Å². The summed E-state index contributed by atoms with van der Waals surface area (Å²) >= 11 is 0. The molecule has 3 rings (SSSR count). The van der Waals surface area contributed by atoms with Crippen LogP contribution in [-0.2, 0) is 9.59 Å². The molecule has 6 nitrogen and oxygen atoms in total. The maximum atomic E-state index is 13.2. The van der Waals surface area contributed by atoms with Crippen LogP contribution in [0.4, 0.5) is 0 Å². The normalized spacial score (nSPS) is 14.6. The van der Waals surface area contributed by atoms with Gasteiger partial charge in [0.15, 0.2) is 46.8 Å². The molecule has 6 heteroatoms. The van der Waals surface area contributed by atoms with Gasteiger partial charge in [0, 0.05) is 16.7 Å². The number of ether oxygens (including phenoxy) is 2. The van der Waals surface area contributed by atoms with Crippen molar-refractivity contribution in [2.75, 3.05) is 0 Å². The van der Waals surface area contributed by atoms with Gasteiger partial charge in [-0.2, -0.15) is 0 Å². The van der Waals surface area contributed by atoms with Crippen molar-refractivity contribution in [3.63, 3.8) is 0 Å². The van der Waals surface area contributed by atoms with E-state index in [1.807, 2.05) is 0 Å². The fourth-order valence-corrected chi connectivity index (χ4v) is 2.88. The number of benzene rings is 2. The van der Waals surface area contributed by atoms with Gasteiger partial charge >= 0.3 is 0 Å². The molecule has 0 bridgehead atoms. The molecule has 2 aromatic carbocycles. The molecule has 0 fully saturated rings. The molecule has 144 valence electrons. The van der Waals surface area contributed by atoms with Crippen molar-refractivity contribution in [1.29, 1.82) is 0 Å². The van der Waals surface area contributed by atoms with Gasteiger partial charge < -0.3 is 9.47 Å². The SMILES string of the molecule is CC(=O)C(C)Oc1ccc2c(c1OC(C)C(C)=O)C(=O)c1ccccc1C2=O. The van der Waals surface area contributed by atoms with E-state index in [2.05, 4.69) is 0 Å². The molecule has 0 radical (unpaired) electrons. The van der Waals surface area contributed by atoms with Crippen LogP contribution in [0.3, 0.4) is 0 Å². The Morgan fingerprint density at radius 1 is 0.750 bits per heavy atom. The average molecular weight is 380 g/mol. The largest absolute Gasteiger partial charge is 0.479 e. The van der Waals surface area contributed by atoms with Gasteiger partial charge in [-0.3, -0.25) is 19.2 Å². The minimum atomic E-state index is -0.860. The lowest BCUT2D eigenvalue weighted by atomic mass is 9.83. The molecule has 28 heavy (non-hydrogen) atoms. The molecule has 0 aliphatic heterocycles. The summed E-state index contributed by atoms with van der Waals surface area (Å²) in [4.78, 5) is 49.4. The van der Waals surface area contributed by atoms with Crippen LogP contribution in [0.2, 0.25) is 0 Å². The van der Waals surface area contributed by atoms with Crippen LogP contribution < -0.4 is 9.47 Å². The Balaban J connectivity index is 2.20. The van der Waals surface area contributed by atoms with Crippen LogP contribution >= 0.6 is 0 Å². The molecule has 0 spiro atoms. The number of Topliss-reactive ketones (excluding diaryl/α,β-unsaturated/α-hetero) is 2. The minimum absolute atomic E-state index is 0.00107. The summed E-state index contributed by atoms with van der Waals surface area (Å²) in [6.45, 7) is 5.86. The van der Waals surface area contributed by atoms with E-state index in [1.165, 1.54) is 26.0 Å². The monoisotopic (exact) mass is 380 g/mol. The highest BCUT2D eigenvalue weighted by atomic mass is 16.5. The number of hydrogen-bond donors (Lipinski definition) is 0. The van der Waals surface area contributed by atoms with E-state index < -0.39 is 18.0 Å². The highest BCUT2D eigenvalue weighted by molar-refractivity contribution is 6.29. The zero-order valence-corrected chi connectivity index (χ0v) is 16.1. The maximum absolute atomic E-state index is 13.2. The van der Waals surface area contributed by atoms with Crippen molar-refractivity contribution in [2.45, 2.75) is 39.9 Å². The third-order valence-electron chi connectivity index (χ3n) is 4.75. The van der Waals surface area contributed by atoms with Crippen LogP contribution in [0.25, 0.3) is 0 Å². The van der Waals surface area contributed by atoms with Gasteiger partial charge in [-0.25, -0.2) is 0 Å². The first kappa shape index (κ1) is 19.5. The molecule has 0 saturated heterocycles. The molecule has 0 aromatic heterocycles. The number of ketones is 4. The maximum Gasteiger partial charge on any atom is 0.198 e. The van der Waals surface area contributed by atoms with E-state index in [0.29, 0.717) is 5.56 Å². The lowest BCUT2D eigenvalue weighted by Gasteiger charge is -2.24. The van der Waals surface area contributed by atoms with E-state index in [-0.39, 0.29) is 45.5 Å². The molecular weight excluding hydrogens is 360 g/mol. The van der Waals surface area contributed by atoms with Gasteiger partial charge in [0.25, 0.3) is 0 Å². The third-order valence-corrected chi connectivity index (χ3v) is 4.75. The first-order chi connectivity index (χ1) is 13.2. The van der Waals surface area contributed by atoms with Crippen molar-refractivity contribution >= 4 is 23.1 Å². The van der Waals surface area contributed by atoms with Gasteiger partial charge in [-0.05, 0) is 39.8 Å². The molecule has 2 unspecified atom stereocenters. The van der Waals surface area contributed by atoms with Crippen molar-refractivity contribution in [1.82, 2.24) is 0 Å². The quantitative estimate of drug-likeness (QED) is 0.653. The fourth-order valence-electron chi connectivity index (χ4n) is 2.88. The number of hydrogen-bond acceptors (Lipinski definition) is 6. The minimum Gasteiger partial charge on any atom is -0.479 e. The summed E-state index contributed by atoms with van der Waals surface area (Å²) in [6, 6.07) is 9.50. The lowest BCUT2D eigenvalue weighted by Crippen LogP contribution is -2.27. The Kier molecular flexibility index (Phi) is 5.14. The molecule has 0 amide bonds. The second-order valence-corrected chi connectivity index (χ2v) is 6.76. The molecule has 0 heterocycles. The predicted molar refractivity (Wildman–Crippen MR) is 101 cm³/mol. The first-order valence-electron chi connectivity index (χ1n) is 8.92. The Morgan fingerprint density at radius 3 is 1.86 bits per heavy atom. The third kappa shape index (κ3) is 3.33. The highest BCUT2D eigenvalue weighted by Crippen LogP contribution is 2.40. The van der Waals surface area contributed by atoms with E-state index in [0.717, 1.165) is 0 Å². The summed E-state index contributed by atoms with van der Waals surface area (Å²) in [7, 11) is 0. The number of rotatable bonds is 6. The second kappa shape index (κ2) is 7.38. The Labute approximate surface area is 162 Å². The van der Waals surface area contributed by atoms with E-state index in [9.17, 15) is 19.2 Å². The topological polar surface area (TPSA) is 86.7 Å². The summed E-state index contributed by atoms with van der Waals surface area (Å²) < 4.78 is 11.4. The smallest absolute Gasteiger partial charge is 0.198 e. The predicted octanol–water partition coefficient (Wildman–Crippen LogP) is 3.17. The average Bonchev–Trinajstić information content (AvgIpc) is 2.66. The van der Waals surface area contributed by atoms with Crippen LogP contribution in [0.5, 0.6) is 11.5 Å². The van der Waals surface area contributed by atoms with E-state index >= 15 is 0 Å². The van der Waals surface area contributed by atoms with E-state index in [4.69, 9.17) is 9.47 Å². The van der Waals surface area contributed by atoms with Crippen molar-refractivity contribution < 1.29 is 28.7 Å². The van der Waals surface area contributed by atoms with Gasteiger partial charge in [0.1, 0.15) is 0 Å². The Bertz CT molecular complexity index is 1000. The molecule has 0 N–H and O–H groups in total. The Morgan fingerprint density at radius 2 is 1.29 bits per heavy atom. The number of fused-ring (bicyclic) bond motifs is 2. The summed E-state index contributed by atoms with van der Waals surface area (Å²) in [5, 5.41) is 0. The number of carbonyl (C=O) groups is 4. The van der Waals surface area contributed by atoms with Gasteiger partial charge in [0.2, 0.25) is 0 Å². The molecule has 2 aromatic rings. The highest BCUT2D eigenvalue weighted by Gasteiger charge is 2.35. The van der Waals surface area contributed by atoms with Crippen molar-refractivity contribution in [2.24, 2.45) is 0 Å². The van der Waals surface area contributed by atoms with Crippen molar-refractivity contribution in [3.8, 4) is 11.5 Å². The van der Waals surface area contributed by atoms with Crippen LogP contribution in [0.15, 0.2) is 36.4 Å². The molecule has 1 aliphatic rings. The Hall–Kier alpha value is -3.28.